The molecule has 0 radical (unpaired) electrons. The van der Waals surface area contributed by atoms with Crippen LogP contribution in [0, 0.1) is 0 Å². The highest BCUT2D eigenvalue weighted by atomic mass is 16.4. The molecule has 6 heteroatoms. The summed E-state index contributed by atoms with van der Waals surface area (Å²) < 4.78 is 5.83. The Kier molecular flexibility index (Phi) is 3.23. The summed E-state index contributed by atoms with van der Waals surface area (Å²) in [6, 6.07) is 3.39. The quantitative estimate of drug-likeness (QED) is 0.801. The van der Waals surface area contributed by atoms with E-state index in [4.69, 9.17) is 4.42 Å². The molecule has 6 nitrogen and oxygen atoms in total. The first-order valence-corrected chi connectivity index (χ1v) is 7.01. The number of amides is 1. The third-order valence-corrected chi connectivity index (χ3v) is 3.45. The van der Waals surface area contributed by atoms with Gasteiger partial charge in [-0.1, -0.05) is 20.8 Å². The predicted molar refractivity (Wildman–Crippen MR) is 75.7 cm³/mol. The Morgan fingerprint density at radius 1 is 1.38 bits per heavy atom. The molecule has 2 aromatic rings. The van der Waals surface area contributed by atoms with Crippen molar-refractivity contribution in [3.05, 3.63) is 41.4 Å². The van der Waals surface area contributed by atoms with Crippen molar-refractivity contribution < 1.29 is 9.21 Å². The van der Waals surface area contributed by atoms with E-state index in [0.29, 0.717) is 25.2 Å². The van der Waals surface area contributed by atoms with E-state index in [1.54, 1.807) is 23.2 Å². The molecule has 0 aromatic carbocycles. The summed E-state index contributed by atoms with van der Waals surface area (Å²) >= 11 is 0. The van der Waals surface area contributed by atoms with Gasteiger partial charge in [-0.25, -0.2) is 4.98 Å². The summed E-state index contributed by atoms with van der Waals surface area (Å²) in [4.78, 5) is 18.7. The van der Waals surface area contributed by atoms with Gasteiger partial charge in [-0.2, -0.15) is 5.10 Å². The van der Waals surface area contributed by atoms with Crippen molar-refractivity contribution in [2.75, 3.05) is 6.54 Å². The molecular weight excluding hydrogens is 268 g/mol. The van der Waals surface area contributed by atoms with Crippen LogP contribution in [-0.4, -0.2) is 32.5 Å². The molecule has 110 valence electrons. The first-order valence-electron chi connectivity index (χ1n) is 7.01. The molecule has 1 aliphatic heterocycles. The number of carbonyl (C=O) groups is 1. The second-order valence-corrected chi connectivity index (χ2v) is 6.22. The number of fused-ring (bicyclic) bond motifs is 1. The van der Waals surface area contributed by atoms with Crippen LogP contribution in [0.4, 0.5) is 0 Å². The van der Waals surface area contributed by atoms with E-state index >= 15 is 0 Å². The SMILES string of the molecule is CC(C)(C)c1nc2c(o1)CCN(C(=O)c1cccnn1)C2. The standard InChI is InChI=1S/C15H18N4O2/c1-15(2,3)14-17-11-9-19(8-6-12(11)21-14)13(20)10-5-4-7-16-18-10/h4-5,7H,6,8-9H2,1-3H3. The lowest BCUT2D eigenvalue weighted by atomic mass is 9.97. The summed E-state index contributed by atoms with van der Waals surface area (Å²) in [5, 5.41) is 7.62. The first-order chi connectivity index (χ1) is 9.95. The lowest BCUT2D eigenvalue weighted by Gasteiger charge is -2.24. The number of hydrogen-bond acceptors (Lipinski definition) is 5. The highest BCUT2D eigenvalue weighted by Gasteiger charge is 2.29. The van der Waals surface area contributed by atoms with E-state index in [0.717, 1.165) is 17.3 Å². The van der Waals surface area contributed by atoms with E-state index in [-0.39, 0.29) is 11.3 Å². The van der Waals surface area contributed by atoms with Crippen molar-refractivity contribution in [2.45, 2.75) is 39.2 Å². The molecule has 0 fully saturated rings. The maximum absolute atomic E-state index is 12.4. The maximum Gasteiger partial charge on any atom is 0.274 e. The normalized spacial score (nSPS) is 14.9. The van der Waals surface area contributed by atoms with Crippen LogP contribution in [0.3, 0.4) is 0 Å². The van der Waals surface area contributed by atoms with Crippen molar-refractivity contribution in [3.63, 3.8) is 0 Å². The third-order valence-electron chi connectivity index (χ3n) is 3.45. The van der Waals surface area contributed by atoms with Crippen LogP contribution in [0.1, 0.15) is 48.6 Å². The van der Waals surface area contributed by atoms with Gasteiger partial charge in [0.05, 0.1) is 6.54 Å². The van der Waals surface area contributed by atoms with Crippen molar-refractivity contribution in [1.82, 2.24) is 20.1 Å². The molecule has 1 aliphatic rings. The fourth-order valence-electron chi connectivity index (χ4n) is 2.27. The predicted octanol–water partition coefficient (Wildman–Crippen LogP) is 1.96. The summed E-state index contributed by atoms with van der Waals surface area (Å²) in [5.41, 5.74) is 1.08. The van der Waals surface area contributed by atoms with E-state index in [9.17, 15) is 4.79 Å². The molecule has 2 aromatic heterocycles. The summed E-state index contributed by atoms with van der Waals surface area (Å²) in [5.74, 6) is 1.50. The fourth-order valence-corrected chi connectivity index (χ4v) is 2.27. The molecule has 0 atom stereocenters. The van der Waals surface area contributed by atoms with Gasteiger partial charge in [0.2, 0.25) is 0 Å². The Bertz CT molecular complexity index is 658. The number of nitrogens with zero attached hydrogens (tertiary/aromatic N) is 4. The molecule has 0 spiro atoms. The van der Waals surface area contributed by atoms with Crippen molar-refractivity contribution in [2.24, 2.45) is 0 Å². The van der Waals surface area contributed by atoms with Gasteiger partial charge in [0.25, 0.3) is 5.91 Å². The molecular formula is C15H18N4O2. The zero-order chi connectivity index (χ0) is 15.0. The second kappa shape index (κ2) is 4.95. The molecule has 21 heavy (non-hydrogen) atoms. The van der Waals surface area contributed by atoms with Crippen LogP contribution in [-0.2, 0) is 18.4 Å². The average molecular weight is 286 g/mol. The largest absolute Gasteiger partial charge is 0.445 e. The minimum Gasteiger partial charge on any atom is -0.445 e. The Morgan fingerprint density at radius 3 is 2.86 bits per heavy atom. The monoisotopic (exact) mass is 286 g/mol. The first kappa shape index (κ1) is 13.7. The molecule has 0 saturated heterocycles. The fraction of sp³-hybridized carbons (Fsp3) is 0.467. The van der Waals surface area contributed by atoms with Crippen LogP contribution in [0.15, 0.2) is 22.7 Å². The van der Waals surface area contributed by atoms with Gasteiger partial charge in [-0.15, -0.1) is 5.10 Å². The number of oxazole rings is 1. The summed E-state index contributed by atoms with van der Waals surface area (Å²) in [6.45, 7) is 7.26. The Hall–Kier alpha value is -2.24. The minimum absolute atomic E-state index is 0.117. The van der Waals surface area contributed by atoms with E-state index < -0.39 is 0 Å². The number of aromatic nitrogens is 3. The minimum atomic E-state index is -0.128. The lowest BCUT2D eigenvalue weighted by Crippen LogP contribution is -2.36. The van der Waals surface area contributed by atoms with Crippen LogP contribution in [0.25, 0.3) is 0 Å². The number of rotatable bonds is 1. The van der Waals surface area contributed by atoms with Crippen molar-refractivity contribution >= 4 is 5.91 Å². The van der Waals surface area contributed by atoms with Gasteiger partial charge in [-0.05, 0) is 12.1 Å². The van der Waals surface area contributed by atoms with Gasteiger partial charge < -0.3 is 9.32 Å². The van der Waals surface area contributed by atoms with Gasteiger partial charge in [0, 0.05) is 24.6 Å². The van der Waals surface area contributed by atoms with Crippen molar-refractivity contribution in [3.8, 4) is 0 Å². The Morgan fingerprint density at radius 2 is 2.19 bits per heavy atom. The highest BCUT2D eigenvalue weighted by Crippen LogP contribution is 2.27. The zero-order valence-corrected chi connectivity index (χ0v) is 12.5. The van der Waals surface area contributed by atoms with Crippen molar-refractivity contribution in [1.29, 1.82) is 0 Å². The molecule has 0 bridgehead atoms. The smallest absolute Gasteiger partial charge is 0.274 e. The molecule has 0 N–H and O–H groups in total. The Balaban J connectivity index is 1.82. The van der Waals surface area contributed by atoms with E-state index in [1.165, 1.54) is 0 Å². The average Bonchev–Trinajstić information content (AvgIpc) is 2.90. The van der Waals surface area contributed by atoms with Gasteiger partial charge in [0.1, 0.15) is 11.5 Å². The maximum atomic E-state index is 12.4. The lowest BCUT2D eigenvalue weighted by molar-refractivity contribution is 0.0720. The van der Waals surface area contributed by atoms with Crippen LogP contribution >= 0.6 is 0 Å². The second-order valence-electron chi connectivity index (χ2n) is 6.22. The molecule has 0 unspecified atom stereocenters. The molecule has 0 aliphatic carbocycles. The van der Waals surface area contributed by atoms with E-state index in [2.05, 4.69) is 36.0 Å². The summed E-state index contributed by atoms with van der Waals surface area (Å²) in [7, 11) is 0. The third kappa shape index (κ3) is 2.66. The topological polar surface area (TPSA) is 72.1 Å². The van der Waals surface area contributed by atoms with Crippen LogP contribution in [0.2, 0.25) is 0 Å². The van der Waals surface area contributed by atoms with Crippen LogP contribution in [0.5, 0.6) is 0 Å². The van der Waals surface area contributed by atoms with E-state index in [1.807, 2.05) is 0 Å². The zero-order valence-electron chi connectivity index (χ0n) is 12.5. The molecule has 0 saturated carbocycles. The number of hydrogen-bond donors (Lipinski definition) is 0. The van der Waals surface area contributed by atoms with Gasteiger partial charge >= 0.3 is 0 Å². The molecule has 1 amide bonds. The van der Waals surface area contributed by atoms with Crippen LogP contribution < -0.4 is 0 Å². The molecule has 3 heterocycles. The molecule has 3 rings (SSSR count). The van der Waals surface area contributed by atoms with Gasteiger partial charge in [0.15, 0.2) is 11.6 Å². The number of carbonyl (C=O) groups excluding carboxylic acids is 1. The summed E-state index contributed by atoms with van der Waals surface area (Å²) in [6.07, 6.45) is 2.24. The Labute approximate surface area is 123 Å². The van der Waals surface area contributed by atoms with Gasteiger partial charge in [-0.3, -0.25) is 4.79 Å². The highest BCUT2D eigenvalue weighted by molar-refractivity contribution is 5.92.